The third-order valence-corrected chi connectivity index (χ3v) is 2.48. The van der Waals surface area contributed by atoms with Gasteiger partial charge in [-0.1, -0.05) is 4.86 Å². The molecule has 0 bridgehead atoms. The lowest BCUT2D eigenvalue weighted by molar-refractivity contribution is -0.465. The van der Waals surface area contributed by atoms with Gasteiger partial charge in [-0.05, 0) is 5.53 Å². The topological polar surface area (TPSA) is 149 Å². The second-order valence-corrected chi connectivity index (χ2v) is 4.05. The van der Waals surface area contributed by atoms with Gasteiger partial charge in [0.15, 0.2) is 0 Å². The number of aromatic nitrogens is 4. The molecule has 2 rings (SSSR count). The van der Waals surface area contributed by atoms with Gasteiger partial charge in [0.25, 0.3) is 5.69 Å². The first-order chi connectivity index (χ1) is 9.45. The van der Waals surface area contributed by atoms with E-state index in [1.54, 1.807) is 0 Å². The van der Waals surface area contributed by atoms with Crippen LogP contribution in [0.2, 0.25) is 0 Å². The average Bonchev–Trinajstić information content (AvgIpc) is 2.98. The second kappa shape index (κ2) is 5.44. The van der Waals surface area contributed by atoms with Gasteiger partial charge >= 0.3 is 5.69 Å². The standard InChI is InChI=1S/C9H11N7O4/c10-15(18)7-1-11-13(3-7)5-9(17)6-14-4-8(2-12-14)16(19)20/h1-4,9-10,17H,5-6H2. The van der Waals surface area contributed by atoms with E-state index in [-0.39, 0.29) is 29.3 Å². The van der Waals surface area contributed by atoms with Crippen LogP contribution in [0, 0.1) is 20.9 Å². The van der Waals surface area contributed by atoms with E-state index in [0.717, 1.165) is 6.20 Å². The van der Waals surface area contributed by atoms with Crippen LogP contribution in [-0.4, -0.2) is 40.6 Å². The van der Waals surface area contributed by atoms with Crippen molar-refractivity contribution in [2.45, 2.75) is 19.2 Å². The Hall–Kier alpha value is -2.82. The van der Waals surface area contributed by atoms with Gasteiger partial charge in [-0.3, -0.25) is 19.5 Å². The maximum Gasteiger partial charge on any atom is 0.306 e. The zero-order valence-corrected chi connectivity index (χ0v) is 10.2. The van der Waals surface area contributed by atoms with Crippen molar-refractivity contribution in [3.05, 3.63) is 40.1 Å². The predicted molar refractivity (Wildman–Crippen MR) is 63.1 cm³/mol. The summed E-state index contributed by atoms with van der Waals surface area (Å²) in [7, 11) is 0. The Morgan fingerprint density at radius 3 is 2.10 bits per heavy atom. The first-order valence-electron chi connectivity index (χ1n) is 5.51. The second-order valence-electron chi connectivity index (χ2n) is 4.05. The zero-order chi connectivity index (χ0) is 14.7. The van der Waals surface area contributed by atoms with Crippen molar-refractivity contribution in [3.8, 4) is 0 Å². The van der Waals surface area contributed by atoms with Crippen LogP contribution in [0.4, 0.5) is 11.4 Å². The molecule has 20 heavy (non-hydrogen) atoms. The molecule has 11 heteroatoms. The minimum Gasteiger partial charge on any atom is -0.594 e. The molecule has 0 spiro atoms. The third kappa shape index (κ3) is 3.14. The lowest BCUT2D eigenvalue weighted by atomic mass is 10.3. The van der Waals surface area contributed by atoms with E-state index in [2.05, 4.69) is 10.2 Å². The fourth-order valence-corrected chi connectivity index (χ4v) is 1.59. The van der Waals surface area contributed by atoms with Gasteiger partial charge in [0.05, 0.1) is 24.1 Å². The lowest BCUT2D eigenvalue weighted by Gasteiger charge is -2.09. The number of nitro groups is 1. The smallest absolute Gasteiger partial charge is 0.306 e. The molecule has 0 amide bonds. The number of aliphatic hydroxyl groups excluding tert-OH is 1. The molecule has 1 unspecified atom stereocenters. The van der Waals surface area contributed by atoms with Crippen LogP contribution in [0.3, 0.4) is 0 Å². The highest BCUT2D eigenvalue weighted by Gasteiger charge is 2.14. The van der Waals surface area contributed by atoms with Gasteiger partial charge in [-0.2, -0.15) is 10.2 Å². The number of aliphatic hydroxyl groups is 1. The van der Waals surface area contributed by atoms with E-state index in [1.165, 1.54) is 28.0 Å². The van der Waals surface area contributed by atoms with Crippen LogP contribution >= 0.6 is 0 Å². The molecule has 0 saturated heterocycles. The van der Waals surface area contributed by atoms with Crippen molar-refractivity contribution in [1.82, 2.24) is 19.6 Å². The fraction of sp³-hybridized carbons (Fsp3) is 0.333. The van der Waals surface area contributed by atoms with E-state index < -0.39 is 11.0 Å². The SMILES string of the molecule is N=[N+]([O-])c1cnn(CC(O)Cn2cc([N+](=O)[O-])cn2)c1. The van der Waals surface area contributed by atoms with E-state index in [9.17, 15) is 20.4 Å². The zero-order valence-electron chi connectivity index (χ0n) is 10.2. The Kier molecular flexibility index (Phi) is 3.70. The molecule has 2 aromatic heterocycles. The predicted octanol–water partition coefficient (Wildman–Crippen LogP) is 0.222. The Balaban J connectivity index is 1.95. The van der Waals surface area contributed by atoms with Crippen LogP contribution in [0.5, 0.6) is 0 Å². The molecule has 0 radical (unpaired) electrons. The van der Waals surface area contributed by atoms with E-state index in [0.29, 0.717) is 0 Å². The summed E-state index contributed by atoms with van der Waals surface area (Å²) in [4.78, 5) is 9.81. The summed E-state index contributed by atoms with van der Waals surface area (Å²) in [6.45, 7) is 0.118. The van der Waals surface area contributed by atoms with Crippen LogP contribution < -0.4 is 0 Å². The summed E-state index contributed by atoms with van der Waals surface area (Å²) in [5, 5.41) is 38.6. The summed E-state index contributed by atoms with van der Waals surface area (Å²) < 4.78 is 2.55. The van der Waals surface area contributed by atoms with Crippen molar-refractivity contribution in [3.63, 3.8) is 0 Å². The maximum absolute atomic E-state index is 10.7. The van der Waals surface area contributed by atoms with Gasteiger partial charge in [0.2, 0.25) is 0 Å². The first kappa shape index (κ1) is 13.6. The van der Waals surface area contributed by atoms with Gasteiger partial charge in [-0.25, -0.2) is 0 Å². The Morgan fingerprint density at radius 1 is 1.20 bits per heavy atom. The molecular weight excluding hydrogens is 270 g/mol. The molecular formula is C9H11N7O4. The number of nitrogens with one attached hydrogen (secondary N) is 1. The summed E-state index contributed by atoms with van der Waals surface area (Å²) in [6, 6.07) is 0. The van der Waals surface area contributed by atoms with E-state index in [4.69, 9.17) is 5.53 Å². The number of rotatable bonds is 6. The fourth-order valence-electron chi connectivity index (χ4n) is 1.59. The molecule has 106 valence electrons. The number of hydrogen-bond donors (Lipinski definition) is 2. The summed E-state index contributed by atoms with van der Waals surface area (Å²) >= 11 is 0. The lowest BCUT2D eigenvalue weighted by Crippen LogP contribution is -2.22. The molecule has 0 aliphatic heterocycles. The molecule has 0 saturated carbocycles. The van der Waals surface area contributed by atoms with Gasteiger partial charge in [0.1, 0.15) is 24.8 Å². The number of hydrogen-bond acceptors (Lipinski definition) is 7. The van der Waals surface area contributed by atoms with E-state index >= 15 is 0 Å². The summed E-state index contributed by atoms with van der Waals surface area (Å²) in [5.74, 6) is 0. The average molecular weight is 281 g/mol. The maximum atomic E-state index is 10.7. The van der Waals surface area contributed by atoms with Gasteiger partial charge in [0, 0.05) is 0 Å². The minimum absolute atomic E-state index is 0.0466. The van der Waals surface area contributed by atoms with Crippen molar-refractivity contribution in [2.24, 2.45) is 0 Å². The monoisotopic (exact) mass is 281 g/mol. The van der Waals surface area contributed by atoms with Crippen LogP contribution in [0.25, 0.3) is 0 Å². The highest BCUT2D eigenvalue weighted by Crippen LogP contribution is 2.10. The van der Waals surface area contributed by atoms with Crippen molar-refractivity contribution in [1.29, 1.82) is 5.53 Å². The summed E-state index contributed by atoms with van der Waals surface area (Å²) in [6.07, 6.45) is 3.92. The molecule has 11 nitrogen and oxygen atoms in total. The number of nitrogens with zero attached hydrogens (tertiary/aromatic N) is 6. The third-order valence-electron chi connectivity index (χ3n) is 2.48. The largest absolute Gasteiger partial charge is 0.594 e. The Bertz CT molecular complexity index is 580. The van der Waals surface area contributed by atoms with Gasteiger partial charge in [-0.15, -0.1) is 0 Å². The van der Waals surface area contributed by atoms with Crippen LogP contribution in [0.15, 0.2) is 24.8 Å². The molecule has 0 aliphatic rings. The molecule has 0 aromatic carbocycles. The minimum atomic E-state index is -0.895. The molecule has 2 aromatic rings. The Morgan fingerprint density at radius 2 is 1.70 bits per heavy atom. The highest BCUT2D eigenvalue weighted by atomic mass is 16.6. The summed E-state index contributed by atoms with van der Waals surface area (Å²) in [5.41, 5.74) is 6.71. The van der Waals surface area contributed by atoms with Crippen LogP contribution in [0.1, 0.15) is 0 Å². The molecule has 1 atom stereocenters. The van der Waals surface area contributed by atoms with Crippen LogP contribution in [-0.2, 0) is 13.1 Å². The van der Waals surface area contributed by atoms with Crippen molar-refractivity contribution < 1.29 is 14.9 Å². The quantitative estimate of drug-likeness (QED) is 0.335. The molecule has 2 heterocycles. The molecule has 0 aliphatic carbocycles. The van der Waals surface area contributed by atoms with E-state index in [1.807, 2.05) is 0 Å². The Labute approximate surface area is 111 Å². The van der Waals surface area contributed by atoms with Crippen molar-refractivity contribution >= 4 is 11.4 Å². The highest BCUT2D eigenvalue weighted by molar-refractivity contribution is 5.21. The molecule has 0 fully saturated rings. The molecule has 2 N–H and O–H groups in total. The van der Waals surface area contributed by atoms with Crippen molar-refractivity contribution in [2.75, 3.05) is 0 Å². The van der Waals surface area contributed by atoms with Gasteiger partial charge < -0.3 is 10.3 Å². The first-order valence-corrected chi connectivity index (χ1v) is 5.51. The normalized spacial score (nSPS) is 12.2.